The molecule has 2 heterocycles. The number of aliphatic hydroxyl groups is 1. The van der Waals surface area contributed by atoms with Crippen molar-refractivity contribution in [3.05, 3.63) is 116 Å². The highest BCUT2D eigenvalue weighted by Gasteiger charge is 2.48. The highest BCUT2D eigenvalue weighted by atomic mass is 35.5. The molecule has 1 atom stereocenters. The molecule has 1 amide bonds. The lowest BCUT2D eigenvalue weighted by Crippen LogP contribution is -2.29. The standard InChI is InChI=1S/C31H25ClN2O5S/c1-17-5-4-6-20(15-17)16-39-24-13-9-22(10-14-24)27(36)25-26(21-7-11-23(32)12-8-21)34(30(38)28(25)37)31-33-18(2)29(40-31)19(3)35/h4-15,26,36H,16H2,1-3H3. The monoisotopic (exact) mass is 572 g/mol. The summed E-state index contributed by atoms with van der Waals surface area (Å²) in [7, 11) is 0. The highest BCUT2D eigenvalue weighted by Crippen LogP contribution is 2.44. The Morgan fingerprint density at radius 3 is 2.38 bits per heavy atom. The summed E-state index contributed by atoms with van der Waals surface area (Å²) in [6.45, 7) is 5.49. The van der Waals surface area contributed by atoms with E-state index < -0.39 is 17.7 Å². The van der Waals surface area contributed by atoms with Crippen LogP contribution in [0.3, 0.4) is 0 Å². The molecular weight excluding hydrogens is 548 g/mol. The molecule has 1 aliphatic heterocycles. The van der Waals surface area contributed by atoms with Crippen LogP contribution in [0.2, 0.25) is 5.02 Å². The maximum atomic E-state index is 13.4. The average molecular weight is 573 g/mol. The predicted molar refractivity (Wildman–Crippen MR) is 155 cm³/mol. The summed E-state index contributed by atoms with van der Waals surface area (Å²) in [6, 6.07) is 20.4. The summed E-state index contributed by atoms with van der Waals surface area (Å²) in [4.78, 5) is 44.9. The number of rotatable bonds is 7. The Bertz CT molecular complexity index is 1660. The van der Waals surface area contributed by atoms with E-state index in [0.717, 1.165) is 22.5 Å². The summed E-state index contributed by atoms with van der Waals surface area (Å²) in [5, 5.41) is 12.1. The number of ketones is 2. The Hall–Kier alpha value is -4.27. The van der Waals surface area contributed by atoms with Gasteiger partial charge in [-0.3, -0.25) is 19.3 Å². The maximum Gasteiger partial charge on any atom is 0.301 e. The number of anilines is 1. The zero-order chi connectivity index (χ0) is 28.6. The number of thiazole rings is 1. The third-order valence-corrected chi connectivity index (χ3v) is 8.07. The SMILES string of the molecule is CC(=O)c1sc(N2C(=O)C(=O)C(=C(O)c3ccc(OCc4cccc(C)c4)cc3)C2c2ccc(Cl)cc2)nc1C. The number of halogens is 1. The van der Waals surface area contributed by atoms with Crippen LogP contribution in [0, 0.1) is 13.8 Å². The molecule has 40 heavy (non-hydrogen) atoms. The zero-order valence-electron chi connectivity index (χ0n) is 22.0. The van der Waals surface area contributed by atoms with Gasteiger partial charge in [-0.05, 0) is 61.4 Å². The lowest BCUT2D eigenvalue weighted by Gasteiger charge is -2.23. The second-order valence-corrected chi connectivity index (χ2v) is 10.9. The molecular formula is C31H25ClN2O5S. The zero-order valence-corrected chi connectivity index (χ0v) is 23.5. The van der Waals surface area contributed by atoms with Gasteiger partial charge in [0, 0.05) is 17.5 Å². The van der Waals surface area contributed by atoms with Gasteiger partial charge in [-0.15, -0.1) is 0 Å². The molecule has 0 aliphatic carbocycles. The van der Waals surface area contributed by atoms with Crippen LogP contribution >= 0.6 is 22.9 Å². The number of carbonyl (C=O) groups is 3. The number of hydrogen-bond acceptors (Lipinski definition) is 7. The minimum atomic E-state index is -0.972. The first kappa shape index (κ1) is 27.3. The largest absolute Gasteiger partial charge is 0.507 e. The van der Waals surface area contributed by atoms with E-state index in [1.165, 1.54) is 11.8 Å². The van der Waals surface area contributed by atoms with Gasteiger partial charge in [-0.25, -0.2) is 4.98 Å². The van der Waals surface area contributed by atoms with Crippen molar-refractivity contribution in [1.29, 1.82) is 0 Å². The molecule has 1 saturated heterocycles. The number of nitrogens with zero attached hydrogens (tertiary/aromatic N) is 2. The first-order valence-electron chi connectivity index (χ1n) is 12.5. The van der Waals surface area contributed by atoms with Gasteiger partial charge in [-0.1, -0.05) is 64.9 Å². The van der Waals surface area contributed by atoms with Crippen molar-refractivity contribution in [3.63, 3.8) is 0 Å². The molecule has 1 unspecified atom stereocenters. The molecule has 1 fully saturated rings. The fourth-order valence-corrected chi connectivity index (χ4v) is 5.75. The van der Waals surface area contributed by atoms with Crippen molar-refractivity contribution in [2.75, 3.05) is 4.90 Å². The van der Waals surface area contributed by atoms with Crippen LogP contribution in [0.25, 0.3) is 5.76 Å². The third kappa shape index (κ3) is 5.28. The molecule has 1 aromatic heterocycles. The Balaban J connectivity index is 1.52. The summed E-state index contributed by atoms with van der Waals surface area (Å²) >= 11 is 7.14. The molecule has 202 valence electrons. The Labute approximate surface area is 240 Å². The molecule has 0 spiro atoms. The van der Waals surface area contributed by atoms with Gasteiger partial charge >= 0.3 is 5.91 Å². The molecule has 0 radical (unpaired) electrons. The highest BCUT2D eigenvalue weighted by molar-refractivity contribution is 7.18. The molecule has 7 nitrogen and oxygen atoms in total. The molecule has 1 aliphatic rings. The van der Waals surface area contributed by atoms with Crippen molar-refractivity contribution < 1.29 is 24.2 Å². The van der Waals surface area contributed by atoms with Crippen LogP contribution < -0.4 is 9.64 Å². The van der Waals surface area contributed by atoms with E-state index >= 15 is 0 Å². The number of amides is 1. The van der Waals surface area contributed by atoms with E-state index in [4.69, 9.17) is 16.3 Å². The number of benzene rings is 3. The summed E-state index contributed by atoms with van der Waals surface area (Å²) in [5.74, 6) is -1.63. The molecule has 3 aromatic carbocycles. The van der Waals surface area contributed by atoms with Crippen LogP contribution in [-0.2, 0) is 16.2 Å². The normalized spacial score (nSPS) is 16.4. The molecule has 0 saturated carbocycles. The third-order valence-electron chi connectivity index (χ3n) is 6.56. The predicted octanol–water partition coefficient (Wildman–Crippen LogP) is 6.82. The van der Waals surface area contributed by atoms with Crippen LogP contribution in [0.5, 0.6) is 5.75 Å². The second-order valence-electron chi connectivity index (χ2n) is 9.49. The van der Waals surface area contributed by atoms with E-state index in [2.05, 4.69) is 4.98 Å². The van der Waals surface area contributed by atoms with Crippen molar-refractivity contribution in [3.8, 4) is 5.75 Å². The number of ether oxygens (including phenoxy) is 1. The fourth-order valence-electron chi connectivity index (χ4n) is 4.64. The number of aliphatic hydroxyl groups excluding tert-OH is 1. The smallest absolute Gasteiger partial charge is 0.301 e. The number of carbonyl (C=O) groups excluding carboxylic acids is 3. The Kier molecular flexibility index (Phi) is 7.56. The van der Waals surface area contributed by atoms with Gasteiger partial charge < -0.3 is 9.84 Å². The van der Waals surface area contributed by atoms with Crippen LogP contribution in [-0.4, -0.2) is 27.6 Å². The van der Waals surface area contributed by atoms with Crippen molar-refractivity contribution in [1.82, 2.24) is 4.98 Å². The molecule has 4 aromatic rings. The molecule has 9 heteroatoms. The number of aryl methyl sites for hydroxylation is 2. The van der Waals surface area contributed by atoms with Gasteiger partial charge in [0.1, 0.15) is 18.1 Å². The number of hydrogen-bond donors (Lipinski definition) is 1. The minimum absolute atomic E-state index is 0.0852. The first-order chi connectivity index (χ1) is 19.1. The van der Waals surface area contributed by atoms with Gasteiger partial charge in [0.2, 0.25) is 0 Å². The van der Waals surface area contributed by atoms with E-state index in [0.29, 0.717) is 39.1 Å². The second kappa shape index (κ2) is 11.1. The first-order valence-corrected chi connectivity index (χ1v) is 13.7. The quantitative estimate of drug-likeness (QED) is 0.113. The van der Waals surface area contributed by atoms with Crippen LogP contribution in [0.4, 0.5) is 5.13 Å². The van der Waals surface area contributed by atoms with Gasteiger partial charge in [0.05, 0.1) is 22.2 Å². The van der Waals surface area contributed by atoms with Gasteiger partial charge in [0.25, 0.3) is 5.78 Å². The van der Waals surface area contributed by atoms with E-state index in [1.807, 2.05) is 31.2 Å². The lowest BCUT2D eigenvalue weighted by atomic mass is 9.95. The Morgan fingerprint density at radius 2 is 1.75 bits per heavy atom. The topological polar surface area (TPSA) is 96.8 Å². The summed E-state index contributed by atoms with van der Waals surface area (Å²) in [5.41, 5.74) is 3.45. The fraction of sp³-hybridized carbons (Fsp3) is 0.161. The van der Waals surface area contributed by atoms with Crippen LogP contribution in [0.1, 0.15) is 50.6 Å². The molecule has 5 rings (SSSR count). The van der Waals surface area contributed by atoms with Crippen molar-refractivity contribution >= 4 is 51.3 Å². The van der Waals surface area contributed by atoms with Crippen molar-refractivity contribution in [2.24, 2.45) is 0 Å². The maximum absolute atomic E-state index is 13.4. The van der Waals surface area contributed by atoms with E-state index in [-0.39, 0.29) is 22.2 Å². The van der Waals surface area contributed by atoms with E-state index in [1.54, 1.807) is 55.5 Å². The van der Waals surface area contributed by atoms with Crippen LogP contribution in [0.15, 0.2) is 78.4 Å². The number of Topliss-reactive ketones (excluding diaryl/α,β-unsaturated/α-hetero) is 2. The van der Waals surface area contributed by atoms with E-state index in [9.17, 15) is 19.5 Å². The average Bonchev–Trinajstić information content (AvgIpc) is 3.44. The van der Waals surface area contributed by atoms with Crippen molar-refractivity contribution in [2.45, 2.75) is 33.4 Å². The summed E-state index contributed by atoms with van der Waals surface area (Å²) in [6.07, 6.45) is 0. The molecule has 1 N–H and O–H groups in total. The lowest BCUT2D eigenvalue weighted by molar-refractivity contribution is -0.132. The van der Waals surface area contributed by atoms with Gasteiger partial charge in [-0.2, -0.15) is 0 Å². The number of aromatic nitrogens is 1. The minimum Gasteiger partial charge on any atom is -0.507 e. The summed E-state index contributed by atoms with van der Waals surface area (Å²) < 4.78 is 5.88. The van der Waals surface area contributed by atoms with Gasteiger partial charge in [0.15, 0.2) is 10.9 Å². The Morgan fingerprint density at radius 1 is 1.05 bits per heavy atom. The molecule has 0 bridgehead atoms.